The molecule has 0 unspecified atom stereocenters. The topological polar surface area (TPSA) is 37.0 Å². The first-order chi connectivity index (χ1) is 12.2. The van der Waals surface area contributed by atoms with Gasteiger partial charge in [0.15, 0.2) is 0 Å². The van der Waals surface area contributed by atoms with Crippen molar-refractivity contribution >= 4 is 0 Å². The molecule has 0 amide bonds. The van der Waals surface area contributed by atoms with Crippen LogP contribution in [0.15, 0.2) is 24.3 Å². The zero-order chi connectivity index (χ0) is 18.3. The molecule has 0 aliphatic carbocycles. The van der Waals surface area contributed by atoms with Crippen LogP contribution in [0.4, 0.5) is 0 Å². The van der Waals surface area contributed by atoms with Crippen LogP contribution in [0.1, 0.15) is 39.2 Å². The van der Waals surface area contributed by atoms with E-state index in [1.54, 1.807) is 0 Å². The second-order valence-electron chi connectivity index (χ2n) is 6.14. The summed E-state index contributed by atoms with van der Waals surface area (Å²) < 4.78 is 11.6. The van der Waals surface area contributed by atoms with Crippen LogP contribution in [0.3, 0.4) is 0 Å². The zero-order valence-electron chi connectivity index (χ0n) is 16.6. The van der Waals surface area contributed by atoms with Gasteiger partial charge >= 0.3 is 0 Å². The van der Waals surface area contributed by atoms with Gasteiger partial charge < -0.3 is 14.4 Å². The summed E-state index contributed by atoms with van der Waals surface area (Å²) >= 11 is 0. The molecule has 0 bridgehead atoms. The number of benzene rings is 1. The fourth-order valence-electron chi connectivity index (χ4n) is 2.67. The molecule has 1 aromatic rings. The third kappa shape index (κ3) is 9.80. The molecule has 144 valence electrons. The molecule has 0 radical (unpaired) electrons. The normalized spacial score (nSPS) is 11.4. The van der Waals surface area contributed by atoms with Gasteiger partial charge in [-0.25, -0.2) is 5.01 Å². The lowest BCUT2D eigenvalue weighted by Crippen LogP contribution is -2.38. The molecule has 0 aliphatic heterocycles. The van der Waals surface area contributed by atoms with E-state index >= 15 is 0 Å². The smallest absolute Gasteiger partial charge is 0.119 e. The highest BCUT2D eigenvalue weighted by molar-refractivity contribution is 5.26. The van der Waals surface area contributed by atoms with Gasteiger partial charge in [0.25, 0.3) is 0 Å². The molecule has 0 aliphatic rings. The van der Waals surface area contributed by atoms with Gasteiger partial charge in [0.1, 0.15) is 5.75 Å². The van der Waals surface area contributed by atoms with Crippen LogP contribution in [0.5, 0.6) is 5.75 Å². The maximum absolute atomic E-state index is 5.82. The van der Waals surface area contributed by atoms with E-state index in [0.29, 0.717) is 6.61 Å². The Bertz CT molecular complexity index is 421. The summed E-state index contributed by atoms with van der Waals surface area (Å²) in [5.41, 5.74) is 4.36. The SMILES string of the molecule is CCCN(CCOCc1ccc(OCCCN(CC)CC)cc1)NC. The minimum atomic E-state index is 0.645. The molecule has 0 atom stereocenters. The van der Waals surface area contributed by atoms with E-state index in [0.717, 1.165) is 64.5 Å². The van der Waals surface area contributed by atoms with Crippen LogP contribution in [0, 0.1) is 0 Å². The first-order valence-corrected chi connectivity index (χ1v) is 9.67. The lowest BCUT2D eigenvalue weighted by molar-refractivity contribution is 0.0781. The van der Waals surface area contributed by atoms with Crippen LogP contribution in [0.25, 0.3) is 0 Å². The molecule has 1 rings (SSSR count). The molecule has 1 aromatic carbocycles. The zero-order valence-corrected chi connectivity index (χ0v) is 16.6. The Labute approximate surface area is 154 Å². The van der Waals surface area contributed by atoms with Crippen molar-refractivity contribution in [3.05, 3.63) is 29.8 Å². The summed E-state index contributed by atoms with van der Waals surface area (Å²) in [4.78, 5) is 2.42. The van der Waals surface area contributed by atoms with Crippen LogP contribution in [-0.2, 0) is 11.3 Å². The van der Waals surface area contributed by atoms with Crippen molar-refractivity contribution < 1.29 is 9.47 Å². The average Bonchev–Trinajstić information content (AvgIpc) is 2.65. The minimum Gasteiger partial charge on any atom is -0.494 e. The predicted octanol–water partition coefficient (Wildman–Crippen LogP) is 3.16. The molecule has 0 spiro atoms. The number of nitrogens with zero attached hydrogens (tertiary/aromatic N) is 2. The Kier molecular flexibility index (Phi) is 12.3. The molecule has 0 fully saturated rings. The summed E-state index contributed by atoms with van der Waals surface area (Å²) in [7, 11) is 1.95. The quantitative estimate of drug-likeness (QED) is 0.388. The fourth-order valence-corrected chi connectivity index (χ4v) is 2.67. The molecule has 25 heavy (non-hydrogen) atoms. The van der Waals surface area contributed by atoms with E-state index in [2.05, 4.69) is 48.2 Å². The molecule has 0 heterocycles. The molecule has 5 heteroatoms. The third-order valence-electron chi connectivity index (χ3n) is 4.29. The second kappa shape index (κ2) is 14.1. The average molecular weight is 352 g/mol. The van der Waals surface area contributed by atoms with Gasteiger partial charge in [-0.2, -0.15) is 0 Å². The number of hydrazine groups is 1. The number of rotatable bonds is 15. The Balaban J connectivity index is 2.18. The number of hydrogen-bond acceptors (Lipinski definition) is 5. The third-order valence-corrected chi connectivity index (χ3v) is 4.29. The van der Waals surface area contributed by atoms with Crippen molar-refractivity contribution in [2.75, 3.05) is 53.0 Å². The van der Waals surface area contributed by atoms with Crippen molar-refractivity contribution in [3.8, 4) is 5.75 Å². The van der Waals surface area contributed by atoms with E-state index in [1.807, 2.05) is 19.2 Å². The highest BCUT2D eigenvalue weighted by Gasteiger charge is 2.02. The van der Waals surface area contributed by atoms with Crippen LogP contribution >= 0.6 is 0 Å². The predicted molar refractivity (Wildman–Crippen MR) is 105 cm³/mol. The van der Waals surface area contributed by atoms with Gasteiger partial charge in [0, 0.05) is 19.6 Å². The largest absolute Gasteiger partial charge is 0.494 e. The van der Waals surface area contributed by atoms with Crippen molar-refractivity contribution in [1.82, 2.24) is 15.3 Å². The summed E-state index contributed by atoms with van der Waals surface area (Å²) in [5.74, 6) is 0.938. The van der Waals surface area contributed by atoms with E-state index < -0.39 is 0 Å². The maximum atomic E-state index is 5.82. The molecular formula is C20H37N3O2. The Morgan fingerprint density at radius 3 is 2.24 bits per heavy atom. The first-order valence-electron chi connectivity index (χ1n) is 9.67. The molecule has 1 N–H and O–H groups in total. The molecular weight excluding hydrogens is 314 g/mol. The maximum Gasteiger partial charge on any atom is 0.119 e. The van der Waals surface area contributed by atoms with Gasteiger partial charge in [-0.3, -0.25) is 5.43 Å². The Morgan fingerprint density at radius 1 is 0.920 bits per heavy atom. The molecule has 0 saturated carbocycles. The number of hydrogen-bond donors (Lipinski definition) is 1. The fraction of sp³-hybridized carbons (Fsp3) is 0.700. The Hall–Kier alpha value is -1.14. The summed E-state index contributed by atoms with van der Waals surface area (Å²) in [5, 5.41) is 2.18. The van der Waals surface area contributed by atoms with E-state index in [9.17, 15) is 0 Å². The number of ether oxygens (including phenoxy) is 2. The molecule has 0 aromatic heterocycles. The monoisotopic (exact) mass is 351 g/mol. The van der Waals surface area contributed by atoms with Crippen LogP contribution < -0.4 is 10.2 Å². The highest BCUT2D eigenvalue weighted by atomic mass is 16.5. The Morgan fingerprint density at radius 2 is 1.64 bits per heavy atom. The summed E-state index contributed by atoms with van der Waals surface area (Å²) in [6, 6.07) is 8.24. The minimum absolute atomic E-state index is 0.645. The summed E-state index contributed by atoms with van der Waals surface area (Å²) in [6.07, 6.45) is 2.20. The van der Waals surface area contributed by atoms with E-state index in [-0.39, 0.29) is 0 Å². The van der Waals surface area contributed by atoms with E-state index in [1.165, 1.54) is 5.56 Å². The van der Waals surface area contributed by atoms with Crippen molar-refractivity contribution in [1.29, 1.82) is 0 Å². The van der Waals surface area contributed by atoms with Gasteiger partial charge in [0.2, 0.25) is 0 Å². The van der Waals surface area contributed by atoms with Gasteiger partial charge in [-0.1, -0.05) is 32.9 Å². The highest BCUT2D eigenvalue weighted by Crippen LogP contribution is 2.13. The van der Waals surface area contributed by atoms with Gasteiger partial charge in [-0.05, 0) is 50.7 Å². The molecule has 5 nitrogen and oxygen atoms in total. The second-order valence-corrected chi connectivity index (χ2v) is 6.14. The lowest BCUT2D eigenvalue weighted by Gasteiger charge is -2.20. The number of nitrogens with one attached hydrogen (secondary N) is 1. The van der Waals surface area contributed by atoms with Crippen molar-refractivity contribution in [2.24, 2.45) is 0 Å². The van der Waals surface area contributed by atoms with Crippen molar-refractivity contribution in [2.45, 2.75) is 40.2 Å². The van der Waals surface area contributed by atoms with Crippen LogP contribution in [0.2, 0.25) is 0 Å². The molecule has 0 saturated heterocycles. The van der Waals surface area contributed by atoms with Gasteiger partial charge in [0.05, 0.1) is 19.8 Å². The standard InChI is InChI=1S/C20H37N3O2/c1-5-13-23(21-4)15-17-24-18-19-9-11-20(12-10-19)25-16-8-14-22(6-2)7-3/h9-12,21H,5-8,13-18H2,1-4H3. The van der Waals surface area contributed by atoms with Crippen LogP contribution in [-0.4, -0.2) is 62.9 Å². The van der Waals surface area contributed by atoms with Gasteiger partial charge in [-0.15, -0.1) is 0 Å². The first kappa shape index (κ1) is 21.9. The van der Waals surface area contributed by atoms with E-state index in [4.69, 9.17) is 9.47 Å². The summed E-state index contributed by atoms with van der Waals surface area (Å²) in [6.45, 7) is 14.0. The lowest BCUT2D eigenvalue weighted by atomic mass is 10.2. The van der Waals surface area contributed by atoms with Crippen molar-refractivity contribution in [3.63, 3.8) is 0 Å².